The lowest BCUT2D eigenvalue weighted by Crippen LogP contribution is -2.54. The summed E-state index contributed by atoms with van der Waals surface area (Å²) < 4.78 is 6.15. The van der Waals surface area contributed by atoms with Crippen molar-refractivity contribution < 1.29 is 9.84 Å². The Hall–Kier alpha value is -1.55. The number of aromatic hydroxyl groups is 1. The van der Waals surface area contributed by atoms with Gasteiger partial charge in [0.25, 0.3) is 0 Å². The molecule has 3 atom stereocenters. The minimum Gasteiger partial charge on any atom is -0.506 e. The number of hydrogen-bond donors (Lipinski definition) is 1. The number of likely N-dealkylation sites (tertiary alicyclic amines) is 1. The lowest BCUT2D eigenvalue weighted by Gasteiger charge is -2.52. The Kier molecular flexibility index (Phi) is 5.43. The predicted octanol–water partition coefficient (Wildman–Crippen LogP) is 5.57. The van der Waals surface area contributed by atoms with Crippen molar-refractivity contribution in [3.63, 3.8) is 0 Å². The molecule has 1 aliphatic carbocycles. The third kappa shape index (κ3) is 3.48. The van der Waals surface area contributed by atoms with Gasteiger partial charge in [0.1, 0.15) is 5.75 Å². The highest BCUT2D eigenvalue weighted by Crippen LogP contribution is 2.58. The Balaban J connectivity index is 1.53. The van der Waals surface area contributed by atoms with Crippen molar-refractivity contribution in [2.75, 3.05) is 13.1 Å². The summed E-state index contributed by atoms with van der Waals surface area (Å²) in [5.74, 6) is 0.263. The van der Waals surface area contributed by atoms with Gasteiger partial charge in [-0.2, -0.15) is 0 Å². The second-order valence-corrected chi connectivity index (χ2v) is 9.94. The van der Waals surface area contributed by atoms with Crippen LogP contribution in [-0.2, 0) is 23.2 Å². The normalized spacial score (nSPS) is 26.7. The van der Waals surface area contributed by atoms with E-state index in [0.717, 1.165) is 31.5 Å². The van der Waals surface area contributed by atoms with Crippen LogP contribution in [0.4, 0.5) is 0 Å². The number of fused-ring (bicyclic) bond motifs is 2. The zero-order valence-electron chi connectivity index (χ0n) is 17.9. The summed E-state index contributed by atoms with van der Waals surface area (Å²) in [5.41, 5.74) is 3.59. The van der Waals surface area contributed by atoms with Gasteiger partial charge in [-0.05, 0) is 54.3 Å². The van der Waals surface area contributed by atoms with Crippen LogP contribution in [0.25, 0.3) is 0 Å². The monoisotopic (exact) mass is 413 g/mol. The number of hydrogen-bond acceptors (Lipinski definition) is 3. The summed E-state index contributed by atoms with van der Waals surface area (Å²) in [7, 11) is 0. The maximum absolute atomic E-state index is 10.7. The minimum atomic E-state index is -0.0315. The Morgan fingerprint density at radius 2 is 1.90 bits per heavy atom. The summed E-state index contributed by atoms with van der Waals surface area (Å²) in [6.07, 6.45) is 2.14. The van der Waals surface area contributed by atoms with Gasteiger partial charge in [-0.3, -0.25) is 4.90 Å². The molecule has 2 aromatic rings. The number of ether oxygens (including phenoxy) is 1. The Morgan fingerprint density at radius 1 is 1.17 bits per heavy atom. The predicted molar refractivity (Wildman–Crippen MR) is 119 cm³/mol. The average molecular weight is 414 g/mol. The minimum absolute atomic E-state index is 0.0315. The molecule has 0 saturated carbocycles. The van der Waals surface area contributed by atoms with E-state index in [-0.39, 0.29) is 22.7 Å². The van der Waals surface area contributed by atoms with Crippen LogP contribution in [0.15, 0.2) is 42.5 Å². The summed E-state index contributed by atoms with van der Waals surface area (Å²) in [5, 5.41) is 11.1. The highest BCUT2D eigenvalue weighted by Gasteiger charge is 2.57. The van der Waals surface area contributed by atoms with Crippen LogP contribution in [0, 0.1) is 5.41 Å². The molecule has 4 rings (SSSR count). The zero-order chi connectivity index (χ0) is 20.8. The number of nitrogens with zero attached hydrogens (tertiary/aromatic N) is 1. The summed E-state index contributed by atoms with van der Waals surface area (Å²) in [6.45, 7) is 11.8. The largest absolute Gasteiger partial charge is 0.506 e. The molecular weight excluding hydrogens is 382 g/mol. The van der Waals surface area contributed by atoms with Crippen LogP contribution >= 0.6 is 11.6 Å². The SMILES string of the molecule is C[C@H](CN1CC[C@@]2(C)[C@H]1Cc1c(ccc(Cl)c1O)C2(C)C)OCc1ccccc1. The van der Waals surface area contributed by atoms with E-state index >= 15 is 0 Å². The fourth-order valence-electron chi connectivity index (χ4n) is 5.50. The Morgan fingerprint density at radius 3 is 2.62 bits per heavy atom. The van der Waals surface area contributed by atoms with Gasteiger partial charge in [-0.25, -0.2) is 0 Å². The van der Waals surface area contributed by atoms with Crippen LogP contribution < -0.4 is 0 Å². The van der Waals surface area contributed by atoms with E-state index in [2.05, 4.69) is 62.9 Å². The fraction of sp³-hybridized carbons (Fsp3) is 0.520. The standard InChI is InChI=1S/C25H32ClNO2/c1-17(29-16-18-8-6-5-7-9-18)15-27-13-12-25(4)22(27)14-19-20(24(25,2)3)10-11-21(26)23(19)28/h5-11,17,22,28H,12-16H2,1-4H3/t17-,22-,25+/m1/s1. The van der Waals surface area contributed by atoms with Gasteiger partial charge >= 0.3 is 0 Å². The van der Waals surface area contributed by atoms with Crippen LogP contribution in [-0.4, -0.2) is 35.2 Å². The van der Waals surface area contributed by atoms with E-state index in [1.807, 2.05) is 12.1 Å². The van der Waals surface area contributed by atoms with Gasteiger partial charge in [-0.1, -0.05) is 68.8 Å². The van der Waals surface area contributed by atoms with Crippen molar-refractivity contribution in [1.82, 2.24) is 4.90 Å². The molecule has 1 N–H and O–H groups in total. The molecule has 0 spiro atoms. The van der Waals surface area contributed by atoms with Crippen molar-refractivity contribution in [2.24, 2.45) is 5.41 Å². The molecule has 2 aliphatic rings. The van der Waals surface area contributed by atoms with E-state index in [1.165, 1.54) is 11.1 Å². The maximum Gasteiger partial charge on any atom is 0.137 e. The van der Waals surface area contributed by atoms with Gasteiger partial charge in [0, 0.05) is 18.2 Å². The van der Waals surface area contributed by atoms with Gasteiger partial charge < -0.3 is 9.84 Å². The summed E-state index contributed by atoms with van der Waals surface area (Å²) in [4.78, 5) is 2.57. The van der Waals surface area contributed by atoms with Gasteiger partial charge in [0.15, 0.2) is 0 Å². The quantitative estimate of drug-likeness (QED) is 0.695. The maximum atomic E-state index is 10.7. The van der Waals surface area contributed by atoms with E-state index in [1.54, 1.807) is 0 Å². The summed E-state index contributed by atoms with van der Waals surface area (Å²) >= 11 is 6.25. The molecule has 0 radical (unpaired) electrons. The van der Waals surface area contributed by atoms with E-state index in [9.17, 15) is 5.11 Å². The molecule has 29 heavy (non-hydrogen) atoms. The smallest absolute Gasteiger partial charge is 0.137 e. The molecule has 0 unspecified atom stereocenters. The van der Waals surface area contributed by atoms with Crippen molar-refractivity contribution in [3.05, 3.63) is 64.2 Å². The lowest BCUT2D eigenvalue weighted by atomic mass is 9.54. The van der Waals surface area contributed by atoms with E-state index < -0.39 is 0 Å². The van der Waals surface area contributed by atoms with Crippen LogP contribution in [0.3, 0.4) is 0 Å². The molecule has 1 fully saturated rings. The first-order valence-corrected chi connectivity index (χ1v) is 11.0. The molecule has 2 aromatic carbocycles. The first-order chi connectivity index (χ1) is 13.7. The summed E-state index contributed by atoms with van der Waals surface area (Å²) in [6, 6.07) is 14.7. The molecule has 0 aromatic heterocycles. The first kappa shape index (κ1) is 20.7. The zero-order valence-corrected chi connectivity index (χ0v) is 18.7. The topological polar surface area (TPSA) is 32.7 Å². The third-order valence-electron chi connectivity index (χ3n) is 7.70. The van der Waals surface area contributed by atoms with Crippen molar-refractivity contribution in [1.29, 1.82) is 0 Å². The molecule has 4 heteroatoms. The number of halogens is 1. The van der Waals surface area contributed by atoms with Crippen molar-refractivity contribution >= 4 is 11.6 Å². The highest BCUT2D eigenvalue weighted by atomic mass is 35.5. The molecule has 1 heterocycles. The molecule has 0 amide bonds. The second kappa shape index (κ2) is 7.61. The number of rotatable bonds is 5. The molecular formula is C25H32ClNO2. The molecule has 1 aliphatic heterocycles. The Labute approximate surface area is 179 Å². The van der Waals surface area contributed by atoms with Crippen molar-refractivity contribution in [2.45, 2.75) is 64.7 Å². The first-order valence-electron chi connectivity index (χ1n) is 10.6. The highest BCUT2D eigenvalue weighted by molar-refractivity contribution is 6.32. The van der Waals surface area contributed by atoms with E-state index in [0.29, 0.717) is 17.7 Å². The van der Waals surface area contributed by atoms with Crippen LogP contribution in [0.1, 0.15) is 50.8 Å². The van der Waals surface area contributed by atoms with Gasteiger partial charge in [0.05, 0.1) is 17.7 Å². The third-order valence-corrected chi connectivity index (χ3v) is 8.00. The number of phenolic OH excluding ortho intramolecular Hbond substituents is 1. The van der Waals surface area contributed by atoms with Crippen molar-refractivity contribution in [3.8, 4) is 5.75 Å². The molecule has 3 nitrogen and oxygen atoms in total. The number of benzene rings is 2. The molecule has 1 saturated heterocycles. The number of phenols is 1. The second-order valence-electron chi connectivity index (χ2n) is 9.54. The Bertz CT molecular complexity index is 882. The van der Waals surface area contributed by atoms with Gasteiger partial charge in [-0.15, -0.1) is 0 Å². The van der Waals surface area contributed by atoms with Gasteiger partial charge in [0.2, 0.25) is 0 Å². The van der Waals surface area contributed by atoms with Crippen LogP contribution in [0.5, 0.6) is 5.75 Å². The van der Waals surface area contributed by atoms with E-state index in [4.69, 9.17) is 16.3 Å². The average Bonchev–Trinajstić information content (AvgIpc) is 3.02. The fourth-order valence-corrected chi connectivity index (χ4v) is 5.68. The van der Waals surface area contributed by atoms with Crippen LogP contribution in [0.2, 0.25) is 5.02 Å². The lowest BCUT2D eigenvalue weighted by molar-refractivity contribution is 0.00734. The molecule has 0 bridgehead atoms. The molecule has 156 valence electrons.